The van der Waals surface area contributed by atoms with E-state index in [1.807, 2.05) is 27.7 Å². The van der Waals surface area contributed by atoms with Crippen LogP contribution in [-0.2, 0) is 9.59 Å². The highest BCUT2D eigenvalue weighted by molar-refractivity contribution is 5.77. The van der Waals surface area contributed by atoms with Crippen LogP contribution in [0.15, 0.2) is 0 Å². The van der Waals surface area contributed by atoms with Gasteiger partial charge in [0.1, 0.15) is 0 Å². The third-order valence-electron chi connectivity index (χ3n) is 2.73. The maximum atomic E-state index is 11.5. The third kappa shape index (κ3) is 8.06. The van der Waals surface area contributed by atoms with Gasteiger partial charge in [-0.15, -0.1) is 0 Å². The zero-order valence-electron chi connectivity index (χ0n) is 11.8. The molecule has 5 nitrogen and oxygen atoms in total. The Bertz CT molecular complexity index is 284. The largest absolute Gasteiger partial charge is 0.481 e. The predicted octanol–water partition coefficient (Wildman–Crippen LogP) is 1.37. The van der Waals surface area contributed by atoms with Crippen LogP contribution in [0, 0.1) is 11.3 Å². The Balaban J connectivity index is 4.20. The van der Waals surface area contributed by atoms with Crippen LogP contribution < -0.4 is 11.1 Å². The second-order valence-electron chi connectivity index (χ2n) is 5.98. The molecule has 0 fully saturated rings. The van der Waals surface area contributed by atoms with Crippen molar-refractivity contribution in [2.75, 3.05) is 6.54 Å². The fraction of sp³-hybridized carbons (Fsp3) is 0.846. The first-order valence-electron chi connectivity index (χ1n) is 6.40. The molecule has 2 unspecified atom stereocenters. The number of hydrogen-bond donors (Lipinski definition) is 3. The van der Waals surface area contributed by atoms with E-state index in [-0.39, 0.29) is 30.3 Å². The summed E-state index contributed by atoms with van der Waals surface area (Å²) in [5.74, 6) is -1.60. The molecule has 0 aromatic heterocycles. The molecule has 0 bridgehead atoms. The summed E-state index contributed by atoms with van der Waals surface area (Å²) in [7, 11) is 0. The van der Waals surface area contributed by atoms with Crippen LogP contribution in [0.1, 0.15) is 47.0 Å². The van der Waals surface area contributed by atoms with Crippen LogP contribution in [0.5, 0.6) is 0 Å². The van der Waals surface area contributed by atoms with Gasteiger partial charge in [-0.25, -0.2) is 0 Å². The van der Waals surface area contributed by atoms with Gasteiger partial charge in [0.15, 0.2) is 0 Å². The van der Waals surface area contributed by atoms with Gasteiger partial charge in [-0.05, 0) is 18.3 Å². The molecule has 0 aromatic rings. The van der Waals surface area contributed by atoms with Gasteiger partial charge in [0.05, 0.1) is 5.92 Å². The molecule has 0 aromatic carbocycles. The molecule has 0 saturated heterocycles. The van der Waals surface area contributed by atoms with Gasteiger partial charge in [-0.3, -0.25) is 9.59 Å². The molecule has 0 rings (SSSR count). The molecule has 2 atom stereocenters. The Morgan fingerprint density at radius 3 is 2.28 bits per heavy atom. The molecule has 0 radical (unpaired) electrons. The van der Waals surface area contributed by atoms with E-state index in [1.54, 1.807) is 0 Å². The molecule has 0 aliphatic rings. The Morgan fingerprint density at radius 2 is 1.89 bits per heavy atom. The van der Waals surface area contributed by atoms with Crippen LogP contribution in [0.2, 0.25) is 0 Å². The maximum absolute atomic E-state index is 11.5. The van der Waals surface area contributed by atoms with Crippen molar-refractivity contribution in [2.24, 2.45) is 17.1 Å². The number of carboxylic acid groups (broad SMARTS) is 1. The second kappa shape index (κ2) is 7.36. The van der Waals surface area contributed by atoms with E-state index in [2.05, 4.69) is 5.32 Å². The van der Waals surface area contributed by atoms with Crippen LogP contribution in [-0.4, -0.2) is 29.6 Å². The third-order valence-corrected chi connectivity index (χ3v) is 2.73. The normalized spacial score (nSPS) is 14.9. The minimum Gasteiger partial charge on any atom is -0.481 e. The van der Waals surface area contributed by atoms with Crippen molar-refractivity contribution >= 4 is 11.9 Å². The van der Waals surface area contributed by atoms with Crippen LogP contribution in [0.25, 0.3) is 0 Å². The van der Waals surface area contributed by atoms with E-state index < -0.39 is 11.9 Å². The highest BCUT2D eigenvalue weighted by Gasteiger charge is 2.25. The number of nitrogens with one attached hydrogen (secondary N) is 1. The molecule has 4 N–H and O–H groups in total. The number of carbonyl (C=O) groups excluding carboxylic acids is 1. The van der Waals surface area contributed by atoms with Gasteiger partial charge in [-0.2, -0.15) is 0 Å². The summed E-state index contributed by atoms with van der Waals surface area (Å²) in [5.41, 5.74) is 5.59. The zero-order valence-corrected chi connectivity index (χ0v) is 11.8. The molecule has 18 heavy (non-hydrogen) atoms. The number of nitrogens with two attached hydrogens (primary N) is 1. The van der Waals surface area contributed by atoms with Gasteiger partial charge in [0.2, 0.25) is 5.91 Å². The minimum atomic E-state index is -0.870. The molecule has 106 valence electrons. The van der Waals surface area contributed by atoms with E-state index in [4.69, 9.17) is 10.8 Å². The quantitative estimate of drug-likeness (QED) is 0.643. The topological polar surface area (TPSA) is 92.4 Å². The van der Waals surface area contributed by atoms with E-state index >= 15 is 0 Å². The fourth-order valence-electron chi connectivity index (χ4n) is 1.68. The number of carbonyl (C=O) groups is 2. The first-order chi connectivity index (χ1) is 8.15. The lowest BCUT2D eigenvalue weighted by Gasteiger charge is -2.23. The van der Waals surface area contributed by atoms with Crippen molar-refractivity contribution in [1.29, 1.82) is 0 Å². The first kappa shape index (κ1) is 16.9. The van der Waals surface area contributed by atoms with Gasteiger partial charge < -0.3 is 16.2 Å². The Hall–Kier alpha value is -1.10. The molecule has 0 aliphatic carbocycles. The van der Waals surface area contributed by atoms with Crippen LogP contribution in [0.4, 0.5) is 0 Å². The van der Waals surface area contributed by atoms with E-state index in [0.717, 1.165) is 6.42 Å². The van der Waals surface area contributed by atoms with Crippen LogP contribution in [0.3, 0.4) is 0 Å². The highest BCUT2D eigenvalue weighted by Crippen LogP contribution is 2.24. The zero-order chi connectivity index (χ0) is 14.3. The molecule has 0 heterocycles. The molecule has 1 amide bonds. The predicted molar refractivity (Wildman–Crippen MR) is 71.1 cm³/mol. The van der Waals surface area contributed by atoms with E-state index in [9.17, 15) is 9.59 Å². The SMILES string of the molecule is CCC(N)CC(=O)NCC(CC(C)(C)C)C(=O)O. The molecule has 0 aliphatic heterocycles. The number of amides is 1. The summed E-state index contributed by atoms with van der Waals surface area (Å²) >= 11 is 0. The molecular formula is C13H26N2O3. The summed E-state index contributed by atoms with van der Waals surface area (Å²) in [5, 5.41) is 11.8. The molecular weight excluding hydrogens is 232 g/mol. The lowest BCUT2D eigenvalue weighted by Crippen LogP contribution is -2.37. The van der Waals surface area contributed by atoms with E-state index in [0.29, 0.717) is 6.42 Å². The molecule has 5 heteroatoms. The molecule has 0 spiro atoms. The summed E-state index contributed by atoms with van der Waals surface area (Å²) < 4.78 is 0. The van der Waals surface area contributed by atoms with Gasteiger partial charge >= 0.3 is 5.97 Å². The summed E-state index contributed by atoms with van der Waals surface area (Å²) in [6.45, 7) is 8.03. The summed E-state index contributed by atoms with van der Waals surface area (Å²) in [6, 6.07) is -0.157. The number of rotatable bonds is 7. The van der Waals surface area contributed by atoms with Crippen molar-refractivity contribution < 1.29 is 14.7 Å². The summed E-state index contributed by atoms with van der Waals surface area (Å²) in [4.78, 5) is 22.6. The monoisotopic (exact) mass is 258 g/mol. The van der Waals surface area contributed by atoms with E-state index in [1.165, 1.54) is 0 Å². The van der Waals surface area contributed by atoms with Gasteiger partial charge in [0, 0.05) is 19.0 Å². The maximum Gasteiger partial charge on any atom is 0.308 e. The highest BCUT2D eigenvalue weighted by atomic mass is 16.4. The Morgan fingerprint density at radius 1 is 1.33 bits per heavy atom. The van der Waals surface area contributed by atoms with Crippen molar-refractivity contribution in [2.45, 2.75) is 53.0 Å². The van der Waals surface area contributed by atoms with Gasteiger partial charge in [-0.1, -0.05) is 27.7 Å². The lowest BCUT2D eigenvalue weighted by atomic mass is 9.84. The average molecular weight is 258 g/mol. The average Bonchev–Trinajstić information content (AvgIpc) is 2.22. The second-order valence-corrected chi connectivity index (χ2v) is 5.98. The van der Waals surface area contributed by atoms with Gasteiger partial charge in [0.25, 0.3) is 0 Å². The first-order valence-corrected chi connectivity index (χ1v) is 6.40. The number of carboxylic acids is 1. The fourth-order valence-corrected chi connectivity index (χ4v) is 1.68. The van der Waals surface area contributed by atoms with Crippen molar-refractivity contribution in [3.8, 4) is 0 Å². The van der Waals surface area contributed by atoms with Crippen molar-refractivity contribution in [3.05, 3.63) is 0 Å². The smallest absolute Gasteiger partial charge is 0.308 e. The lowest BCUT2D eigenvalue weighted by molar-refractivity contribution is -0.142. The van der Waals surface area contributed by atoms with Crippen molar-refractivity contribution in [3.63, 3.8) is 0 Å². The number of hydrogen-bond acceptors (Lipinski definition) is 3. The Labute approximate surface area is 109 Å². The molecule has 0 saturated carbocycles. The Kier molecular flexibility index (Phi) is 6.91. The summed E-state index contributed by atoms with van der Waals surface area (Å²) in [6.07, 6.45) is 1.51. The number of aliphatic carboxylic acids is 1. The van der Waals surface area contributed by atoms with Crippen LogP contribution >= 0.6 is 0 Å². The van der Waals surface area contributed by atoms with Crippen molar-refractivity contribution in [1.82, 2.24) is 5.32 Å². The minimum absolute atomic E-state index is 0.0758. The standard InChI is InChI=1S/C13H26N2O3/c1-5-10(14)6-11(16)15-8-9(12(17)18)7-13(2,3)4/h9-10H,5-8,14H2,1-4H3,(H,15,16)(H,17,18).